The molecule has 3 rings (SSSR count). The van der Waals surface area contributed by atoms with Gasteiger partial charge in [-0.3, -0.25) is 0 Å². The maximum absolute atomic E-state index is 12.4. The van der Waals surface area contributed by atoms with Crippen molar-refractivity contribution >= 4 is 22.7 Å². The zero-order valence-electron chi connectivity index (χ0n) is 12.8. The summed E-state index contributed by atoms with van der Waals surface area (Å²) < 4.78 is 6.83. The molecule has 2 heterocycles. The van der Waals surface area contributed by atoms with Gasteiger partial charge in [-0.25, -0.2) is 4.79 Å². The van der Waals surface area contributed by atoms with Crippen molar-refractivity contribution in [2.45, 2.75) is 39.2 Å². The third kappa shape index (κ3) is 2.73. The average Bonchev–Trinajstić information content (AvgIpc) is 3.05. The molecule has 0 unspecified atom stereocenters. The highest BCUT2D eigenvalue weighted by molar-refractivity contribution is 5.96. The van der Waals surface area contributed by atoms with Crippen LogP contribution in [0.5, 0.6) is 0 Å². The van der Waals surface area contributed by atoms with Crippen molar-refractivity contribution in [3.8, 4) is 0 Å². The first-order valence-electron chi connectivity index (χ1n) is 7.41. The van der Waals surface area contributed by atoms with Crippen LogP contribution in [0.3, 0.4) is 0 Å². The SMILES string of the molecule is CC(C)(C)OC(=O)n1ncc2cccc(N3CCCC3)c21. The maximum atomic E-state index is 12.4. The van der Waals surface area contributed by atoms with E-state index in [2.05, 4.69) is 16.1 Å². The van der Waals surface area contributed by atoms with Crippen LogP contribution >= 0.6 is 0 Å². The number of hydrogen-bond acceptors (Lipinski definition) is 4. The van der Waals surface area contributed by atoms with E-state index < -0.39 is 11.7 Å². The van der Waals surface area contributed by atoms with Crippen LogP contribution in [0.25, 0.3) is 10.9 Å². The first-order valence-corrected chi connectivity index (χ1v) is 7.41. The number of nitrogens with zero attached hydrogens (tertiary/aromatic N) is 3. The third-order valence-electron chi connectivity index (χ3n) is 3.58. The van der Waals surface area contributed by atoms with Crippen molar-refractivity contribution in [3.05, 3.63) is 24.4 Å². The Labute approximate surface area is 124 Å². The van der Waals surface area contributed by atoms with Gasteiger partial charge in [0, 0.05) is 18.5 Å². The molecule has 0 saturated carbocycles. The largest absolute Gasteiger partial charge is 0.442 e. The van der Waals surface area contributed by atoms with Crippen LogP contribution in [0.2, 0.25) is 0 Å². The van der Waals surface area contributed by atoms with E-state index in [1.807, 2.05) is 32.9 Å². The van der Waals surface area contributed by atoms with Gasteiger partial charge in [-0.15, -0.1) is 0 Å². The Morgan fingerprint density at radius 1 is 1.24 bits per heavy atom. The number of ether oxygens (including phenoxy) is 1. The third-order valence-corrected chi connectivity index (χ3v) is 3.58. The second-order valence-electron chi connectivity index (χ2n) is 6.45. The summed E-state index contributed by atoms with van der Waals surface area (Å²) in [4.78, 5) is 14.7. The lowest BCUT2D eigenvalue weighted by atomic mass is 10.2. The van der Waals surface area contributed by atoms with E-state index in [1.54, 1.807) is 6.20 Å². The number of fused-ring (bicyclic) bond motifs is 1. The molecule has 1 aromatic carbocycles. The number of anilines is 1. The smallest absolute Gasteiger partial charge is 0.435 e. The van der Waals surface area contributed by atoms with Gasteiger partial charge in [-0.05, 0) is 39.7 Å². The van der Waals surface area contributed by atoms with Gasteiger partial charge in [0.25, 0.3) is 0 Å². The summed E-state index contributed by atoms with van der Waals surface area (Å²) in [6.45, 7) is 7.63. The Morgan fingerprint density at radius 3 is 2.62 bits per heavy atom. The fourth-order valence-corrected chi connectivity index (χ4v) is 2.72. The molecular formula is C16H21N3O2. The Morgan fingerprint density at radius 2 is 1.95 bits per heavy atom. The van der Waals surface area contributed by atoms with Crippen LogP contribution in [-0.2, 0) is 4.74 Å². The van der Waals surface area contributed by atoms with E-state index in [9.17, 15) is 4.79 Å². The summed E-state index contributed by atoms with van der Waals surface area (Å²) >= 11 is 0. The number of rotatable bonds is 1. The molecule has 112 valence electrons. The summed E-state index contributed by atoms with van der Waals surface area (Å²) in [5.41, 5.74) is 1.37. The minimum Gasteiger partial charge on any atom is -0.442 e. The van der Waals surface area contributed by atoms with Gasteiger partial charge in [0.05, 0.1) is 11.9 Å². The minimum atomic E-state index is -0.530. The topological polar surface area (TPSA) is 47.4 Å². The summed E-state index contributed by atoms with van der Waals surface area (Å²) in [6.07, 6.45) is 3.68. The second kappa shape index (κ2) is 5.06. The van der Waals surface area contributed by atoms with Gasteiger partial charge in [0.1, 0.15) is 11.1 Å². The Balaban J connectivity index is 2.05. The van der Waals surface area contributed by atoms with Crippen LogP contribution in [0.15, 0.2) is 24.4 Å². The zero-order valence-corrected chi connectivity index (χ0v) is 12.8. The van der Waals surface area contributed by atoms with Gasteiger partial charge >= 0.3 is 6.09 Å². The molecule has 21 heavy (non-hydrogen) atoms. The van der Waals surface area contributed by atoms with Crippen LogP contribution in [0.1, 0.15) is 33.6 Å². The molecule has 0 spiro atoms. The predicted octanol–water partition coefficient (Wildman–Crippen LogP) is 3.42. The van der Waals surface area contributed by atoms with E-state index in [-0.39, 0.29) is 0 Å². The number of para-hydroxylation sites is 1. The molecule has 1 fully saturated rings. The lowest BCUT2D eigenvalue weighted by Gasteiger charge is -2.21. The summed E-state index contributed by atoms with van der Waals surface area (Å²) in [5, 5.41) is 5.19. The maximum Gasteiger partial charge on any atom is 0.435 e. The molecule has 0 amide bonds. The summed E-state index contributed by atoms with van der Waals surface area (Å²) in [7, 11) is 0. The van der Waals surface area contributed by atoms with Crippen molar-refractivity contribution in [3.63, 3.8) is 0 Å². The minimum absolute atomic E-state index is 0.427. The van der Waals surface area contributed by atoms with E-state index in [4.69, 9.17) is 4.74 Å². The molecule has 5 nitrogen and oxygen atoms in total. The van der Waals surface area contributed by atoms with Crippen molar-refractivity contribution in [1.29, 1.82) is 0 Å². The number of carbonyl (C=O) groups is 1. The molecule has 0 N–H and O–H groups in total. The molecule has 0 aliphatic carbocycles. The van der Waals surface area contributed by atoms with Gasteiger partial charge in [0.2, 0.25) is 0 Å². The van der Waals surface area contributed by atoms with Crippen LogP contribution in [-0.4, -0.2) is 34.6 Å². The van der Waals surface area contributed by atoms with Crippen LogP contribution in [0.4, 0.5) is 10.5 Å². The Kier molecular flexibility index (Phi) is 3.35. The molecule has 0 atom stereocenters. The van der Waals surface area contributed by atoms with Crippen molar-refractivity contribution in [1.82, 2.24) is 9.78 Å². The van der Waals surface area contributed by atoms with Crippen LogP contribution < -0.4 is 4.90 Å². The average molecular weight is 287 g/mol. The summed E-state index contributed by atoms with van der Waals surface area (Å²) in [6, 6.07) is 6.04. The Hall–Kier alpha value is -2.04. The fourth-order valence-electron chi connectivity index (χ4n) is 2.72. The van der Waals surface area contributed by atoms with Gasteiger partial charge in [-0.1, -0.05) is 12.1 Å². The molecular weight excluding hydrogens is 266 g/mol. The first-order chi connectivity index (χ1) is 9.96. The van der Waals surface area contributed by atoms with Gasteiger partial charge in [0.15, 0.2) is 0 Å². The van der Waals surface area contributed by atoms with Crippen molar-refractivity contribution in [2.75, 3.05) is 18.0 Å². The highest BCUT2D eigenvalue weighted by Gasteiger charge is 2.23. The lowest BCUT2D eigenvalue weighted by molar-refractivity contribution is 0.0523. The highest BCUT2D eigenvalue weighted by atomic mass is 16.6. The van der Waals surface area contributed by atoms with Gasteiger partial charge < -0.3 is 9.64 Å². The molecule has 5 heteroatoms. The van der Waals surface area contributed by atoms with E-state index in [0.29, 0.717) is 0 Å². The predicted molar refractivity (Wildman–Crippen MR) is 82.8 cm³/mol. The second-order valence-corrected chi connectivity index (χ2v) is 6.45. The number of aromatic nitrogens is 2. The normalized spacial score (nSPS) is 15.7. The van der Waals surface area contributed by atoms with E-state index in [0.717, 1.165) is 29.7 Å². The number of carbonyl (C=O) groups excluding carboxylic acids is 1. The summed E-state index contributed by atoms with van der Waals surface area (Å²) in [5.74, 6) is 0. The zero-order chi connectivity index (χ0) is 15.0. The number of benzene rings is 1. The highest BCUT2D eigenvalue weighted by Crippen LogP contribution is 2.29. The van der Waals surface area contributed by atoms with E-state index in [1.165, 1.54) is 17.5 Å². The number of hydrogen-bond donors (Lipinski definition) is 0. The Bertz CT molecular complexity index is 664. The lowest BCUT2D eigenvalue weighted by Crippen LogP contribution is -2.28. The fraction of sp³-hybridized carbons (Fsp3) is 0.500. The van der Waals surface area contributed by atoms with Crippen molar-refractivity contribution < 1.29 is 9.53 Å². The molecule has 1 saturated heterocycles. The molecule has 2 aromatic rings. The molecule has 0 bridgehead atoms. The molecule has 0 radical (unpaired) electrons. The van der Waals surface area contributed by atoms with Crippen LogP contribution in [0, 0.1) is 0 Å². The van der Waals surface area contributed by atoms with E-state index >= 15 is 0 Å². The standard InChI is InChI=1S/C16H21N3O2/c1-16(2,3)21-15(20)19-14-12(11-17-19)7-6-8-13(14)18-9-4-5-10-18/h6-8,11H,4-5,9-10H2,1-3H3. The quantitative estimate of drug-likeness (QED) is 0.806. The first kappa shape index (κ1) is 13.9. The molecule has 1 aromatic heterocycles. The molecule has 1 aliphatic rings. The van der Waals surface area contributed by atoms with Gasteiger partial charge in [-0.2, -0.15) is 9.78 Å². The monoisotopic (exact) mass is 287 g/mol. The molecule has 1 aliphatic heterocycles. The van der Waals surface area contributed by atoms with Crippen molar-refractivity contribution in [2.24, 2.45) is 0 Å².